The Morgan fingerprint density at radius 3 is 1.92 bits per heavy atom. The number of esters is 2. The first kappa shape index (κ1) is 18.7. The van der Waals surface area contributed by atoms with Gasteiger partial charge in [-0.1, -0.05) is 0 Å². The van der Waals surface area contributed by atoms with Gasteiger partial charge in [-0.05, 0) is 12.1 Å². The Kier molecular flexibility index (Phi) is 6.05. The summed E-state index contributed by atoms with van der Waals surface area (Å²) in [6, 6.07) is 1.72. The van der Waals surface area contributed by atoms with Gasteiger partial charge in [0.25, 0.3) is 0 Å². The molecule has 128 valence electrons. The molecule has 0 aliphatic heterocycles. The zero-order valence-electron chi connectivity index (χ0n) is 13.0. The Labute approximate surface area is 136 Å². The van der Waals surface area contributed by atoms with Gasteiger partial charge < -0.3 is 24.4 Å². The van der Waals surface area contributed by atoms with Crippen molar-refractivity contribution in [2.75, 3.05) is 21.3 Å². The van der Waals surface area contributed by atoms with Crippen LogP contribution in [0.1, 0.15) is 36.6 Å². The van der Waals surface area contributed by atoms with Gasteiger partial charge in [0.05, 0.1) is 44.3 Å². The van der Waals surface area contributed by atoms with Gasteiger partial charge in [0.1, 0.15) is 5.57 Å². The maximum absolute atomic E-state index is 12.0. The number of carboxylic acid groups (broad SMARTS) is 2. The van der Waals surface area contributed by atoms with Gasteiger partial charge in [0.2, 0.25) is 0 Å². The number of carbonyl (C=O) groups excluding carboxylic acids is 2. The fourth-order valence-electron chi connectivity index (χ4n) is 1.93. The number of rotatable bonds is 6. The molecule has 0 fully saturated rings. The van der Waals surface area contributed by atoms with Gasteiger partial charge in [-0.2, -0.15) is 0 Å². The number of ether oxygens (including phenoxy) is 3. The number of carboxylic acids is 2. The van der Waals surface area contributed by atoms with Crippen LogP contribution in [0.4, 0.5) is 0 Å². The van der Waals surface area contributed by atoms with Crippen LogP contribution < -0.4 is 0 Å². The first-order chi connectivity index (χ1) is 11.3. The van der Waals surface area contributed by atoms with Crippen molar-refractivity contribution in [3.63, 3.8) is 0 Å². The SMILES string of the molecule is COC=C(C(=O)OC)c1c(C(=O)O)cc(C(=O)O)cc1C(=O)OC. The molecule has 0 amide bonds. The Bertz CT molecular complexity index is 731. The number of methoxy groups -OCH3 is 3. The molecule has 0 aliphatic rings. The van der Waals surface area contributed by atoms with Crippen LogP contribution >= 0.6 is 0 Å². The largest absolute Gasteiger partial charge is 0.503 e. The van der Waals surface area contributed by atoms with E-state index in [1.165, 1.54) is 7.11 Å². The third-order valence-corrected chi connectivity index (χ3v) is 2.93. The summed E-state index contributed by atoms with van der Waals surface area (Å²) in [5.41, 5.74) is -2.23. The van der Waals surface area contributed by atoms with Gasteiger partial charge in [0.15, 0.2) is 0 Å². The smallest absolute Gasteiger partial charge is 0.341 e. The van der Waals surface area contributed by atoms with Crippen molar-refractivity contribution in [2.24, 2.45) is 0 Å². The van der Waals surface area contributed by atoms with Crippen molar-refractivity contribution < 1.29 is 43.6 Å². The van der Waals surface area contributed by atoms with E-state index >= 15 is 0 Å². The van der Waals surface area contributed by atoms with Crippen molar-refractivity contribution in [1.82, 2.24) is 0 Å². The number of benzene rings is 1. The third kappa shape index (κ3) is 3.69. The summed E-state index contributed by atoms with van der Waals surface area (Å²) < 4.78 is 13.8. The minimum atomic E-state index is -1.55. The molecule has 0 radical (unpaired) electrons. The topological polar surface area (TPSA) is 136 Å². The Hall–Kier alpha value is -3.36. The van der Waals surface area contributed by atoms with E-state index in [4.69, 9.17) is 9.84 Å². The van der Waals surface area contributed by atoms with E-state index in [1.54, 1.807) is 0 Å². The minimum Gasteiger partial charge on any atom is -0.503 e. The molecule has 0 unspecified atom stereocenters. The second kappa shape index (κ2) is 7.77. The van der Waals surface area contributed by atoms with Gasteiger partial charge in [-0.3, -0.25) is 0 Å². The molecule has 0 bridgehead atoms. The predicted molar refractivity (Wildman–Crippen MR) is 78.7 cm³/mol. The normalized spacial score (nSPS) is 10.7. The molecule has 9 heteroatoms. The van der Waals surface area contributed by atoms with E-state index in [0.29, 0.717) is 0 Å². The molecule has 0 saturated carbocycles. The number of hydrogen-bond acceptors (Lipinski definition) is 7. The van der Waals surface area contributed by atoms with Crippen LogP contribution in [0.15, 0.2) is 18.4 Å². The van der Waals surface area contributed by atoms with Crippen molar-refractivity contribution in [3.05, 3.63) is 40.6 Å². The average molecular weight is 338 g/mol. The quantitative estimate of drug-likeness (QED) is 0.442. The van der Waals surface area contributed by atoms with Gasteiger partial charge >= 0.3 is 23.9 Å². The highest BCUT2D eigenvalue weighted by atomic mass is 16.5. The highest BCUT2D eigenvalue weighted by Crippen LogP contribution is 2.28. The maximum Gasteiger partial charge on any atom is 0.341 e. The molecule has 1 aromatic rings. The van der Waals surface area contributed by atoms with Crippen molar-refractivity contribution in [1.29, 1.82) is 0 Å². The Morgan fingerprint density at radius 2 is 1.50 bits per heavy atom. The fraction of sp³-hybridized carbons (Fsp3) is 0.200. The average Bonchev–Trinajstić information content (AvgIpc) is 2.56. The monoisotopic (exact) mass is 338 g/mol. The molecule has 9 nitrogen and oxygen atoms in total. The van der Waals surface area contributed by atoms with Crippen LogP contribution in [0, 0.1) is 0 Å². The van der Waals surface area contributed by atoms with Gasteiger partial charge in [-0.25, -0.2) is 19.2 Å². The molecule has 0 spiro atoms. The molecule has 24 heavy (non-hydrogen) atoms. The zero-order valence-corrected chi connectivity index (χ0v) is 13.0. The molecule has 0 heterocycles. The molecule has 0 aliphatic carbocycles. The van der Waals surface area contributed by atoms with E-state index in [0.717, 1.165) is 32.6 Å². The lowest BCUT2D eigenvalue weighted by molar-refractivity contribution is -0.133. The molecule has 1 aromatic carbocycles. The van der Waals surface area contributed by atoms with E-state index < -0.39 is 40.6 Å². The van der Waals surface area contributed by atoms with Crippen molar-refractivity contribution >= 4 is 29.5 Å². The zero-order chi connectivity index (χ0) is 18.4. The Morgan fingerprint density at radius 1 is 0.917 bits per heavy atom. The van der Waals surface area contributed by atoms with E-state index in [1.807, 2.05) is 0 Å². The first-order valence-electron chi connectivity index (χ1n) is 6.33. The lowest BCUT2D eigenvalue weighted by Gasteiger charge is -2.14. The summed E-state index contributed by atoms with van der Waals surface area (Å²) in [6.45, 7) is 0. The molecule has 0 atom stereocenters. The first-order valence-corrected chi connectivity index (χ1v) is 6.33. The minimum absolute atomic E-state index is 0.368. The highest BCUT2D eigenvalue weighted by Gasteiger charge is 2.29. The van der Waals surface area contributed by atoms with Crippen LogP contribution in [-0.4, -0.2) is 55.4 Å². The standard InChI is InChI=1S/C15H14O9/c1-22-6-10(15(21)24-3)11-8(13(18)19)4-7(12(16)17)5-9(11)14(20)23-2/h4-6H,1-3H3,(H,16,17)(H,18,19). The second-order valence-electron chi connectivity index (χ2n) is 4.31. The lowest BCUT2D eigenvalue weighted by atomic mass is 9.92. The molecule has 0 saturated heterocycles. The summed E-state index contributed by atoms with van der Waals surface area (Å²) in [5, 5.41) is 18.4. The molecule has 2 N–H and O–H groups in total. The van der Waals surface area contributed by atoms with Crippen molar-refractivity contribution in [2.45, 2.75) is 0 Å². The third-order valence-electron chi connectivity index (χ3n) is 2.93. The summed E-state index contributed by atoms with van der Waals surface area (Å²) in [4.78, 5) is 46.6. The number of hydrogen-bond donors (Lipinski definition) is 2. The fourth-order valence-corrected chi connectivity index (χ4v) is 1.93. The maximum atomic E-state index is 12.0. The summed E-state index contributed by atoms with van der Waals surface area (Å²) in [7, 11) is 3.28. The van der Waals surface area contributed by atoms with Crippen LogP contribution in [0.2, 0.25) is 0 Å². The van der Waals surface area contributed by atoms with Crippen molar-refractivity contribution in [3.8, 4) is 0 Å². The molecular weight excluding hydrogens is 324 g/mol. The summed E-state index contributed by atoms with van der Waals surface area (Å²) >= 11 is 0. The van der Waals surface area contributed by atoms with E-state index in [9.17, 15) is 24.3 Å². The van der Waals surface area contributed by atoms with Crippen LogP contribution in [0.5, 0.6) is 0 Å². The second-order valence-corrected chi connectivity index (χ2v) is 4.31. The van der Waals surface area contributed by atoms with Crippen LogP contribution in [0.3, 0.4) is 0 Å². The molecular formula is C15H14O9. The number of carbonyl (C=O) groups is 4. The summed E-state index contributed by atoms with van der Waals surface area (Å²) in [5.74, 6) is -5.01. The van der Waals surface area contributed by atoms with E-state index in [2.05, 4.69) is 9.47 Å². The number of aromatic carboxylic acids is 2. The van der Waals surface area contributed by atoms with Crippen LogP contribution in [-0.2, 0) is 19.0 Å². The van der Waals surface area contributed by atoms with Crippen LogP contribution in [0.25, 0.3) is 5.57 Å². The van der Waals surface area contributed by atoms with Gasteiger partial charge in [-0.15, -0.1) is 0 Å². The van der Waals surface area contributed by atoms with Gasteiger partial charge in [0, 0.05) is 5.56 Å². The molecule has 0 aromatic heterocycles. The van der Waals surface area contributed by atoms with E-state index in [-0.39, 0.29) is 11.1 Å². The predicted octanol–water partition coefficient (Wildman–Crippen LogP) is 1.03. The lowest BCUT2D eigenvalue weighted by Crippen LogP contribution is -2.17. The molecule has 1 rings (SSSR count). The summed E-state index contributed by atoms with van der Waals surface area (Å²) in [6.07, 6.45) is 0.889. The Balaban J connectivity index is 3.93. The highest BCUT2D eigenvalue weighted by molar-refractivity contribution is 6.21.